The first-order valence-corrected chi connectivity index (χ1v) is 34.4. The number of rotatable bonds is 36. The van der Waals surface area contributed by atoms with Crippen molar-refractivity contribution in [3.05, 3.63) is 250 Å². The largest absolute Gasteiger partial charge is 0.311 e. The van der Waals surface area contributed by atoms with E-state index < -0.39 is 0 Å². The SMILES string of the molecule is CCCCCCCCc1ccc(N(c2ccc(CCCCCCCC)cc2)c2ccc(C3=C4C(=C(c5ccc(N(c6ccc(CCCCCCCC)cc6)c6ccc(CCCCCCCC)cc6)cc5)c5ccccc54)c4ccccc43)cc2)cc1. The van der Waals surface area contributed by atoms with Crippen molar-refractivity contribution in [3.8, 4) is 0 Å². The van der Waals surface area contributed by atoms with Gasteiger partial charge >= 0.3 is 0 Å². The second-order valence-corrected chi connectivity index (χ2v) is 25.1. The molecule has 0 fully saturated rings. The fourth-order valence-electron chi connectivity index (χ4n) is 13.6. The molecule has 0 bridgehead atoms. The van der Waals surface area contributed by atoms with Crippen molar-refractivity contribution < 1.29 is 0 Å². The summed E-state index contributed by atoms with van der Waals surface area (Å²) in [5.41, 5.74) is 25.9. The molecule has 8 aromatic carbocycles. The topological polar surface area (TPSA) is 6.48 Å². The average Bonchev–Trinajstić information content (AvgIpc) is 1.74. The van der Waals surface area contributed by atoms with Crippen LogP contribution in [0.4, 0.5) is 34.1 Å². The molecule has 0 aromatic heterocycles. The van der Waals surface area contributed by atoms with Gasteiger partial charge in [-0.05, 0) is 202 Å². The quantitative estimate of drug-likeness (QED) is 0.0361. The normalized spacial score (nSPS) is 12.5. The van der Waals surface area contributed by atoms with Gasteiger partial charge in [-0.2, -0.15) is 0 Å². The van der Waals surface area contributed by atoms with Crippen molar-refractivity contribution in [2.75, 3.05) is 9.80 Å². The summed E-state index contributed by atoms with van der Waals surface area (Å²) >= 11 is 0. The van der Waals surface area contributed by atoms with Crippen LogP contribution in [0.5, 0.6) is 0 Å². The van der Waals surface area contributed by atoms with Crippen LogP contribution in [0.1, 0.15) is 237 Å². The number of hydrogen-bond donors (Lipinski definition) is 0. The summed E-state index contributed by atoms with van der Waals surface area (Å²) < 4.78 is 0. The van der Waals surface area contributed by atoms with Crippen molar-refractivity contribution in [2.45, 2.75) is 207 Å². The van der Waals surface area contributed by atoms with Gasteiger partial charge in [0.15, 0.2) is 0 Å². The van der Waals surface area contributed by atoms with Crippen LogP contribution in [0.2, 0.25) is 0 Å². The molecule has 0 atom stereocenters. The molecule has 0 aliphatic heterocycles. The first kappa shape index (κ1) is 61.9. The lowest BCUT2D eigenvalue weighted by atomic mass is 9.92. The van der Waals surface area contributed by atoms with Gasteiger partial charge in [0, 0.05) is 34.1 Å². The number of fused-ring (bicyclic) bond motifs is 5. The highest BCUT2D eigenvalue weighted by Crippen LogP contribution is 2.58. The Kier molecular flexibility index (Phi) is 23.4. The van der Waals surface area contributed by atoms with Crippen LogP contribution in [0.3, 0.4) is 0 Å². The van der Waals surface area contributed by atoms with Gasteiger partial charge in [-0.15, -0.1) is 0 Å². The Morgan fingerprint density at radius 1 is 0.198 bits per heavy atom. The predicted octanol–water partition coefficient (Wildman–Crippen LogP) is 25.5. The minimum absolute atomic E-state index is 1.14. The molecule has 0 saturated carbocycles. The van der Waals surface area contributed by atoms with E-state index >= 15 is 0 Å². The maximum atomic E-state index is 2.46. The second-order valence-electron chi connectivity index (χ2n) is 25.1. The van der Waals surface area contributed by atoms with Gasteiger partial charge in [-0.1, -0.05) is 277 Å². The summed E-state index contributed by atoms with van der Waals surface area (Å²) in [6.45, 7) is 9.20. The number of benzene rings is 8. The Morgan fingerprint density at radius 3 is 0.628 bits per heavy atom. The molecule has 0 unspecified atom stereocenters. The smallest absolute Gasteiger partial charge is 0.0462 e. The van der Waals surface area contributed by atoms with Crippen molar-refractivity contribution in [1.82, 2.24) is 0 Å². The van der Waals surface area contributed by atoms with Crippen LogP contribution in [0, 0.1) is 0 Å². The lowest BCUT2D eigenvalue weighted by Crippen LogP contribution is -2.10. The fraction of sp³-hybridized carbons (Fsp3) is 0.381. The molecule has 0 radical (unpaired) electrons. The van der Waals surface area contributed by atoms with E-state index in [1.807, 2.05) is 0 Å². The zero-order chi connectivity index (χ0) is 59.1. The fourth-order valence-corrected chi connectivity index (χ4v) is 13.6. The van der Waals surface area contributed by atoms with E-state index in [2.05, 4.69) is 232 Å². The highest BCUT2D eigenvalue weighted by Gasteiger charge is 2.37. The van der Waals surface area contributed by atoms with E-state index in [-0.39, 0.29) is 0 Å². The number of anilines is 6. The molecule has 0 amide bonds. The minimum atomic E-state index is 1.14. The molecule has 0 spiro atoms. The van der Waals surface area contributed by atoms with E-state index in [9.17, 15) is 0 Å². The molecule has 2 nitrogen and oxygen atoms in total. The summed E-state index contributed by atoms with van der Waals surface area (Å²) in [4.78, 5) is 4.93. The van der Waals surface area contributed by atoms with E-state index in [1.165, 1.54) is 266 Å². The molecule has 0 heterocycles. The average molecular weight is 1140 g/mol. The Morgan fingerprint density at radius 2 is 0.395 bits per heavy atom. The number of nitrogens with zero attached hydrogens (tertiary/aromatic N) is 2. The maximum Gasteiger partial charge on any atom is 0.0462 e. The second kappa shape index (κ2) is 32.5. The van der Waals surface area contributed by atoms with Crippen LogP contribution in [-0.4, -0.2) is 0 Å². The third-order valence-corrected chi connectivity index (χ3v) is 18.6. The molecular weight excluding hydrogens is 1040 g/mol. The van der Waals surface area contributed by atoms with Crippen LogP contribution >= 0.6 is 0 Å². The van der Waals surface area contributed by atoms with E-state index in [0.717, 1.165) is 25.7 Å². The molecule has 86 heavy (non-hydrogen) atoms. The van der Waals surface area contributed by atoms with Crippen LogP contribution in [0.25, 0.3) is 22.3 Å². The number of allylic oxidation sites excluding steroid dienone is 2. The Labute approximate surface area is 520 Å². The van der Waals surface area contributed by atoms with Crippen LogP contribution in [-0.2, 0) is 25.7 Å². The standard InChI is InChI=1S/C84H100N2/c1-5-9-13-17-21-25-33-65-41-53-71(54-42-65)85(72-55-43-66(44-56-72)34-26-22-18-14-10-6-2)75-61-49-69(50-62-75)81-77-37-29-31-39-79(77)84-82(78-38-30-32-40-80(78)83(81)84)70-51-63-76(64-52-70)86(73-57-45-67(46-58-73)35-27-23-19-15-11-7-3)74-59-47-68(48-60-74)36-28-24-20-16-12-8-4/h29-32,37-64H,5-28,33-36H2,1-4H3. The number of aryl methyl sites for hydroxylation is 4. The van der Waals surface area contributed by atoms with Crippen molar-refractivity contribution >= 4 is 56.4 Å². The molecular formula is C84H100N2. The highest BCUT2D eigenvalue weighted by atomic mass is 15.1. The minimum Gasteiger partial charge on any atom is -0.311 e. The molecule has 2 aliphatic rings. The Balaban J connectivity index is 0.955. The van der Waals surface area contributed by atoms with E-state index in [0.29, 0.717) is 0 Å². The van der Waals surface area contributed by atoms with Gasteiger partial charge in [0.1, 0.15) is 0 Å². The summed E-state index contributed by atoms with van der Waals surface area (Å²) in [5.74, 6) is 0. The van der Waals surface area contributed by atoms with Crippen molar-refractivity contribution in [2.24, 2.45) is 0 Å². The van der Waals surface area contributed by atoms with Crippen molar-refractivity contribution in [3.63, 3.8) is 0 Å². The van der Waals surface area contributed by atoms with Crippen molar-refractivity contribution in [1.29, 1.82) is 0 Å². The molecule has 2 heteroatoms. The number of hydrogen-bond acceptors (Lipinski definition) is 2. The Hall–Kier alpha value is -7.16. The first-order valence-electron chi connectivity index (χ1n) is 34.4. The van der Waals surface area contributed by atoms with Gasteiger partial charge in [-0.25, -0.2) is 0 Å². The first-order chi connectivity index (χ1) is 42.6. The predicted molar refractivity (Wildman–Crippen MR) is 375 cm³/mol. The van der Waals surface area contributed by atoms with Gasteiger partial charge in [0.2, 0.25) is 0 Å². The number of unbranched alkanes of at least 4 members (excludes halogenated alkanes) is 20. The van der Waals surface area contributed by atoms with Gasteiger partial charge in [0.05, 0.1) is 0 Å². The molecule has 446 valence electrons. The molecule has 0 N–H and O–H groups in total. The van der Waals surface area contributed by atoms with Crippen LogP contribution in [0.15, 0.2) is 194 Å². The summed E-state index contributed by atoms with van der Waals surface area (Å²) in [7, 11) is 0. The summed E-state index contributed by atoms with van der Waals surface area (Å²) in [6.07, 6.45) is 36.3. The molecule has 8 aromatic rings. The lowest BCUT2D eigenvalue weighted by Gasteiger charge is -2.26. The van der Waals surface area contributed by atoms with Gasteiger partial charge in [0.25, 0.3) is 0 Å². The van der Waals surface area contributed by atoms with Crippen LogP contribution < -0.4 is 9.80 Å². The lowest BCUT2D eigenvalue weighted by molar-refractivity contribution is 0.607. The van der Waals surface area contributed by atoms with Gasteiger partial charge < -0.3 is 9.80 Å². The monoisotopic (exact) mass is 1140 g/mol. The highest BCUT2D eigenvalue weighted by molar-refractivity contribution is 6.35. The molecule has 0 saturated heterocycles. The third kappa shape index (κ3) is 15.9. The molecule has 2 aliphatic carbocycles. The Bertz CT molecular complexity index is 3030. The zero-order valence-electron chi connectivity index (χ0n) is 53.2. The van der Waals surface area contributed by atoms with E-state index in [1.54, 1.807) is 0 Å². The third-order valence-electron chi connectivity index (χ3n) is 18.6. The maximum absolute atomic E-state index is 2.46. The van der Waals surface area contributed by atoms with E-state index in [4.69, 9.17) is 0 Å². The summed E-state index contributed by atoms with van der Waals surface area (Å²) in [6, 6.07) is 75.1. The van der Waals surface area contributed by atoms with Gasteiger partial charge in [-0.3, -0.25) is 0 Å². The summed E-state index contributed by atoms with van der Waals surface area (Å²) in [5, 5.41) is 0. The zero-order valence-corrected chi connectivity index (χ0v) is 53.2. The molecule has 10 rings (SSSR count).